The number of thiocarbonyl (C=S) groups is 1. The molecular formula is C6H7NOS. The number of amides is 1. The Kier molecular flexibility index (Phi) is 1.62. The number of hydrogen-bond donors (Lipinski definition) is 0. The van der Waals surface area contributed by atoms with Gasteiger partial charge in [-0.1, -0.05) is 18.3 Å². The van der Waals surface area contributed by atoms with Crippen LogP contribution in [0.1, 0.15) is 0 Å². The van der Waals surface area contributed by atoms with Gasteiger partial charge >= 0.3 is 0 Å². The number of carbonyl (C=O) groups excluding carboxylic acids is 1. The molecule has 2 nitrogen and oxygen atoms in total. The van der Waals surface area contributed by atoms with Crippen molar-refractivity contribution < 1.29 is 4.79 Å². The minimum absolute atomic E-state index is 0.0486. The van der Waals surface area contributed by atoms with Gasteiger partial charge in [0.25, 0.3) is 5.91 Å². The van der Waals surface area contributed by atoms with Crippen molar-refractivity contribution in [3.8, 4) is 0 Å². The molecule has 0 aromatic carbocycles. The summed E-state index contributed by atoms with van der Waals surface area (Å²) < 4.78 is 0. The molecule has 0 bridgehead atoms. The molecule has 1 aliphatic heterocycles. The van der Waals surface area contributed by atoms with Gasteiger partial charge in [0.05, 0.1) is 0 Å². The Morgan fingerprint density at radius 1 is 1.78 bits per heavy atom. The Morgan fingerprint density at radius 2 is 2.44 bits per heavy atom. The lowest BCUT2D eigenvalue weighted by atomic mass is 10.2. The average molecular weight is 141 g/mol. The second-order valence-electron chi connectivity index (χ2n) is 1.95. The van der Waals surface area contributed by atoms with E-state index in [0.717, 1.165) is 0 Å². The van der Waals surface area contributed by atoms with Gasteiger partial charge in [-0.05, 0) is 6.08 Å². The van der Waals surface area contributed by atoms with Gasteiger partial charge in [-0.2, -0.15) is 0 Å². The maximum Gasteiger partial charge on any atom is 0.264 e. The van der Waals surface area contributed by atoms with Crippen molar-refractivity contribution in [1.29, 1.82) is 0 Å². The van der Waals surface area contributed by atoms with Crippen LogP contribution in [0.3, 0.4) is 0 Å². The number of nitrogens with zero attached hydrogens (tertiary/aromatic N) is 1. The highest BCUT2D eigenvalue weighted by Crippen LogP contribution is 1.97. The first-order valence-electron chi connectivity index (χ1n) is 2.68. The quantitative estimate of drug-likeness (QED) is 0.455. The minimum Gasteiger partial charge on any atom is -0.337 e. The SMILES string of the molecule is CN1CC=CC(=S)C1=O. The summed E-state index contributed by atoms with van der Waals surface area (Å²) in [7, 11) is 1.73. The van der Waals surface area contributed by atoms with Crippen LogP contribution in [-0.2, 0) is 4.79 Å². The smallest absolute Gasteiger partial charge is 0.264 e. The van der Waals surface area contributed by atoms with Crippen LogP contribution in [0.2, 0.25) is 0 Å². The van der Waals surface area contributed by atoms with Crippen molar-refractivity contribution in [3.05, 3.63) is 12.2 Å². The predicted octanol–water partition coefficient (Wildman–Crippen LogP) is 0.385. The van der Waals surface area contributed by atoms with Crippen LogP contribution in [0.15, 0.2) is 12.2 Å². The fraction of sp³-hybridized carbons (Fsp3) is 0.333. The zero-order valence-corrected chi connectivity index (χ0v) is 5.94. The second kappa shape index (κ2) is 2.27. The standard InChI is InChI=1S/C6H7NOS/c1-7-4-2-3-5(9)6(7)8/h2-3H,4H2,1H3. The van der Waals surface area contributed by atoms with Gasteiger partial charge < -0.3 is 4.90 Å². The summed E-state index contributed by atoms with van der Waals surface area (Å²) in [6.07, 6.45) is 3.56. The summed E-state index contributed by atoms with van der Waals surface area (Å²) in [6, 6.07) is 0. The molecule has 9 heavy (non-hydrogen) atoms. The van der Waals surface area contributed by atoms with E-state index in [-0.39, 0.29) is 5.91 Å². The van der Waals surface area contributed by atoms with Gasteiger partial charge in [0.1, 0.15) is 4.86 Å². The third kappa shape index (κ3) is 1.16. The molecule has 1 amide bonds. The number of rotatable bonds is 0. The highest BCUT2D eigenvalue weighted by atomic mass is 32.1. The van der Waals surface area contributed by atoms with E-state index in [1.165, 1.54) is 0 Å². The summed E-state index contributed by atoms with van der Waals surface area (Å²) in [6.45, 7) is 0.680. The lowest BCUT2D eigenvalue weighted by Crippen LogP contribution is -2.34. The molecule has 1 heterocycles. The maximum absolute atomic E-state index is 10.9. The molecule has 0 unspecified atom stereocenters. The Morgan fingerprint density at radius 3 is 2.89 bits per heavy atom. The van der Waals surface area contributed by atoms with Crippen LogP contribution in [-0.4, -0.2) is 29.3 Å². The molecule has 48 valence electrons. The molecular weight excluding hydrogens is 134 g/mol. The third-order valence-corrected chi connectivity index (χ3v) is 1.52. The van der Waals surface area contributed by atoms with E-state index in [2.05, 4.69) is 0 Å². The van der Waals surface area contributed by atoms with Crippen LogP contribution < -0.4 is 0 Å². The maximum atomic E-state index is 10.9. The topological polar surface area (TPSA) is 20.3 Å². The van der Waals surface area contributed by atoms with Crippen LogP contribution in [0.4, 0.5) is 0 Å². The van der Waals surface area contributed by atoms with Crippen molar-refractivity contribution in [2.75, 3.05) is 13.6 Å². The first-order valence-corrected chi connectivity index (χ1v) is 3.08. The van der Waals surface area contributed by atoms with Gasteiger partial charge in [0.2, 0.25) is 0 Å². The Balaban J connectivity index is 2.81. The number of carbonyl (C=O) groups is 1. The van der Waals surface area contributed by atoms with Crippen LogP contribution >= 0.6 is 12.2 Å². The highest BCUT2D eigenvalue weighted by molar-refractivity contribution is 7.82. The van der Waals surface area contributed by atoms with Crippen molar-refractivity contribution in [2.24, 2.45) is 0 Å². The van der Waals surface area contributed by atoms with Crippen LogP contribution in [0, 0.1) is 0 Å². The van der Waals surface area contributed by atoms with Crippen molar-refractivity contribution in [2.45, 2.75) is 0 Å². The largest absolute Gasteiger partial charge is 0.337 e. The summed E-state index contributed by atoms with van der Waals surface area (Å²) in [5.41, 5.74) is 0. The molecule has 0 saturated carbocycles. The lowest BCUT2D eigenvalue weighted by molar-refractivity contribution is -0.122. The fourth-order valence-corrected chi connectivity index (χ4v) is 0.912. The average Bonchev–Trinajstić information content (AvgIpc) is 1.83. The molecule has 0 aromatic heterocycles. The monoisotopic (exact) mass is 141 g/mol. The van der Waals surface area contributed by atoms with E-state index >= 15 is 0 Å². The molecule has 0 atom stereocenters. The Hall–Kier alpha value is -0.700. The van der Waals surface area contributed by atoms with Crippen LogP contribution in [0.5, 0.6) is 0 Å². The molecule has 0 saturated heterocycles. The lowest BCUT2D eigenvalue weighted by Gasteiger charge is -2.17. The molecule has 1 aliphatic rings. The van der Waals surface area contributed by atoms with Crippen molar-refractivity contribution >= 4 is 23.0 Å². The fourth-order valence-electron chi connectivity index (χ4n) is 0.660. The molecule has 1 rings (SSSR count). The summed E-state index contributed by atoms with van der Waals surface area (Å²) >= 11 is 4.73. The Labute approximate surface area is 59.1 Å². The van der Waals surface area contributed by atoms with E-state index in [1.54, 1.807) is 18.0 Å². The predicted molar refractivity (Wildman–Crippen MR) is 39.4 cm³/mol. The van der Waals surface area contributed by atoms with Crippen molar-refractivity contribution in [3.63, 3.8) is 0 Å². The third-order valence-electron chi connectivity index (χ3n) is 1.21. The normalized spacial score (nSPS) is 19.0. The zero-order valence-electron chi connectivity index (χ0n) is 5.13. The molecule has 0 aromatic rings. The van der Waals surface area contributed by atoms with E-state index in [0.29, 0.717) is 11.4 Å². The number of hydrogen-bond acceptors (Lipinski definition) is 2. The van der Waals surface area contributed by atoms with Gasteiger partial charge in [0.15, 0.2) is 0 Å². The van der Waals surface area contributed by atoms with E-state index < -0.39 is 0 Å². The highest BCUT2D eigenvalue weighted by Gasteiger charge is 2.13. The first-order chi connectivity index (χ1) is 4.22. The second-order valence-corrected chi connectivity index (χ2v) is 2.39. The van der Waals surface area contributed by atoms with Crippen molar-refractivity contribution in [1.82, 2.24) is 4.90 Å². The first kappa shape index (κ1) is 6.42. The molecule has 0 radical (unpaired) electrons. The zero-order chi connectivity index (χ0) is 6.85. The summed E-state index contributed by atoms with van der Waals surface area (Å²) in [4.78, 5) is 12.9. The van der Waals surface area contributed by atoms with Gasteiger partial charge in [-0.15, -0.1) is 0 Å². The van der Waals surface area contributed by atoms with E-state index in [4.69, 9.17) is 12.2 Å². The van der Waals surface area contributed by atoms with Crippen LogP contribution in [0.25, 0.3) is 0 Å². The minimum atomic E-state index is -0.0486. The van der Waals surface area contributed by atoms with E-state index in [9.17, 15) is 4.79 Å². The van der Waals surface area contributed by atoms with Gasteiger partial charge in [-0.25, -0.2) is 0 Å². The molecule has 0 spiro atoms. The Bertz CT molecular complexity index is 185. The summed E-state index contributed by atoms with van der Waals surface area (Å²) in [5, 5.41) is 0. The number of likely N-dealkylation sites (N-methyl/N-ethyl adjacent to an activating group) is 1. The molecule has 0 N–H and O–H groups in total. The molecule has 0 aliphatic carbocycles. The van der Waals surface area contributed by atoms with E-state index in [1.807, 2.05) is 6.08 Å². The molecule has 0 fully saturated rings. The van der Waals surface area contributed by atoms with Gasteiger partial charge in [0, 0.05) is 13.6 Å². The molecule has 3 heteroatoms. The summed E-state index contributed by atoms with van der Waals surface area (Å²) in [5.74, 6) is -0.0486. The van der Waals surface area contributed by atoms with Gasteiger partial charge in [-0.3, -0.25) is 4.79 Å².